The van der Waals surface area contributed by atoms with Gasteiger partial charge in [0.2, 0.25) is 0 Å². The van der Waals surface area contributed by atoms with Crippen LogP contribution in [0.15, 0.2) is 180 Å². The molecule has 0 atom stereocenters. The molecule has 0 amide bonds. The van der Waals surface area contributed by atoms with Crippen molar-refractivity contribution in [2.24, 2.45) is 0 Å². The van der Waals surface area contributed by atoms with Crippen molar-refractivity contribution in [1.29, 1.82) is 5.26 Å². The Morgan fingerprint density at radius 1 is 0.532 bits per heavy atom. The molecular weight excluding hydrogens is 772 g/mol. The van der Waals surface area contributed by atoms with Crippen LogP contribution < -0.4 is 5.46 Å². The van der Waals surface area contributed by atoms with Crippen LogP contribution in [0.1, 0.15) is 49.9 Å². The third-order valence-electron chi connectivity index (χ3n) is 11.0. The highest BCUT2D eigenvalue weighted by Crippen LogP contribution is 2.48. The van der Waals surface area contributed by atoms with Crippen LogP contribution in [-0.2, 0) is 0 Å². The quantitative estimate of drug-likeness (QED) is 0.150. The van der Waals surface area contributed by atoms with Gasteiger partial charge < -0.3 is 13.7 Å². The first kappa shape index (κ1) is 41.8. The van der Waals surface area contributed by atoms with E-state index in [2.05, 4.69) is 185 Å². The first-order chi connectivity index (χ1) is 30.3. The van der Waals surface area contributed by atoms with Gasteiger partial charge in [0.25, 0.3) is 0 Å². The van der Waals surface area contributed by atoms with Gasteiger partial charge in [0, 0.05) is 60.3 Å². The van der Waals surface area contributed by atoms with Crippen LogP contribution in [-0.4, -0.2) is 21.5 Å². The van der Waals surface area contributed by atoms with E-state index in [1.54, 1.807) is 11.8 Å². The second-order valence-electron chi connectivity index (χ2n) is 15.1. The van der Waals surface area contributed by atoms with Crippen molar-refractivity contribution in [3.63, 3.8) is 0 Å². The van der Waals surface area contributed by atoms with Gasteiger partial charge in [0.1, 0.15) is 13.9 Å². The molecule has 3 aromatic heterocycles. The molecule has 0 saturated carbocycles. The highest BCUT2D eigenvalue weighted by atomic mass is 32.2. The van der Waals surface area contributed by atoms with E-state index < -0.39 is 0 Å². The predicted octanol–water partition coefficient (Wildman–Crippen LogP) is 14.6. The number of nitriles is 1. The van der Waals surface area contributed by atoms with Gasteiger partial charge in [-0.3, -0.25) is 0 Å². The number of benzene rings is 7. The molecule has 0 spiro atoms. The molecule has 4 nitrogen and oxygen atoms in total. The molecule has 302 valence electrons. The number of nitrogens with zero attached hydrogens (tertiary/aromatic N) is 4. The molecule has 2 radical (unpaired) electrons. The maximum absolute atomic E-state index is 9.87. The summed E-state index contributed by atoms with van der Waals surface area (Å²) in [7, 11) is 6.71. The summed E-state index contributed by atoms with van der Waals surface area (Å²) in [6.45, 7) is 14.3. The van der Waals surface area contributed by atoms with Gasteiger partial charge in [-0.1, -0.05) is 123 Å². The molecule has 0 fully saturated rings. The summed E-state index contributed by atoms with van der Waals surface area (Å²) >= 11 is 1.62. The van der Waals surface area contributed by atoms with Crippen LogP contribution in [0.3, 0.4) is 0 Å². The smallest absolute Gasteiger partial charge is 0.113 e. The van der Waals surface area contributed by atoms with E-state index in [1.165, 1.54) is 16.5 Å². The number of hydrogen-bond acceptors (Lipinski definition) is 2. The molecule has 0 N–H and O–H groups in total. The average Bonchev–Trinajstić information content (AvgIpc) is 3.97. The molecule has 7 aromatic carbocycles. The molecule has 0 unspecified atom stereocenters. The lowest BCUT2D eigenvalue weighted by Gasteiger charge is -2.16. The van der Waals surface area contributed by atoms with Crippen molar-refractivity contribution < 1.29 is 0 Å². The Balaban J connectivity index is 0.00000129. The van der Waals surface area contributed by atoms with Crippen molar-refractivity contribution in [3.05, 3.63) is 192 Å². The lowest BCUT2D eigenvalue weighted by molar-refractivity contribution is 1.10. The van der Waals surface area contributed by atoms with E-state index in [1.807, 2.05) is 52.8 Å². The fourth-order valence-corrected chi connectivity index (χ4v) is 9.29. The molecular formula is C56H49BN4S. The highest BCUT2D eigenvalue weighted by molar-refractivity contribution is 7.99. The zero-order chi connectivity index (χ0) is 43.5. The summed E-state index contributed by atoms with van der Waals surface area (Å²) in [6.07, 6.45) is 2.31. The van der Waals surface area contributed by atoms with Gasteiger partial charge in [0.15, 0.2) is 0 Å². The van der Waals surface area contributed by atoms with Crippen LogP contribution in [0, 0.1) is 32.1 Å². The third-order valence-corrected chi connectivity index (χ3v) is 12.1. The summed E-state index contributed by atoms with van der Waals surface area (Å²) in [5.41, 5.74) is 15.8. The van der Waals surface area contributed by atoms with E-state index in [0.717, 1.165) is 82.3 Å². The van der Waals surface area contributed by atoms with E-state index in [0.29, 0.717) is 11.0 Å². The number of aromatic nitrogens is 3. The Morgan fingerprint density at radius 3 is 1.82 bits per heavy atom. The molecule has 10 rings (SSSR count). The monoisotopic (exact) mass is 820 g/mol. The molecule has 6 heteroatoms. The molecule has 0 aliphatic rings. The Hall–Kier alpha value is -6.94. The molecule has 0 saturated heterocycles. The van der Waals surface area contributed by atoms with Crippen molar-refractivity contribution in [1.82, 2.24) is 13.7 Å². The topological polar surface area (TPSA) is 38.6 Å². The maximum atomic E-state index is 9.87. The summed E-state index contributed by atoms with van der Waals surface area (Å²) in [5.74, 6) is 0. The minimum atomic E-state index is 0.688. The summed E-state index contributed by atoms with van der Waals surface area (Å²) in [4.78, 5) is 2.01. The molecule has 0 aliphatic carbocycles. The van der Waals surface area contributed by atoms with E-state index in [4.69, 9.17) is 7.85 Å². The van der Waals surface area contributed by atoms with Crippen LogP contribution in [0.5, 0.6) is 0 Å². The van der Waals surface area contributed by atoms with Crippen LogP contribution >= 0.6 is 11.8 Å². The SMILES string of the molecule is CC.CC.[B]c1ccc2c(c1)c(-c1cc3cc(C)ccc3n1-c1ccc(Sc3ccc(C)cc3C#N)cc1)c(-c1cn(-c3ccccc3)c3ccc(C)cc13)n2-c1ccccc1. The van der Waals surface area contributed by atoms with Gasteiger partial charge in [0.05, 0.1) is 33.5 Å². The molecule has 62 heavy (non-hydrogen) atoms. The van der Waals surface area contributed by atoms with Gasteiger partial charge in [-0.15, -0.1) is 0 Å². The number of fused-ring (bicyclic) bond motifs is 3. The average molecular weight is 821 g/mol. The van der Waals surface area contributed by atoms with Gasteiger partial charge in [-0.25, -0.2) is 0 Å². The predicted molar refractivity (Wildman–Crippen MR) is 265 cm³/mol. The van der Waals surface area contributed by atoms with Crippen molar-refractivity contribution in [3.8, 4) is 45.6 Å². The van der Waals surface area contributed by atoms with Crippen LogP contribution in [0.25, 0.3) is 72.3 Å². The molecule has 10 aromatic rings. The summed E-state index contributed by atoms with van der Waals surface area (Å²) in [5, 5.41) is 13.3. The fraction of sp³-hybridized carbons (Fsp3) is 0.125. The minimum Gasteiger partial charge on any atom is -0.316 e. The second-order valence-corrected chi connectivity index (χ2v) is 16.2. The minimum absolute atomic E-state index is 0.688. The standard InChI is InChI=1S/C52H37BN4S.2C2H6/c1-33-14-22-46-36(26-33)29-49(56(46)41-18-20-42(21-19-41)58-50-25-16-34(2)27-37(50)31-54)51-44-30-38(53)17-24-48(44)57(40-12-8-5-9-13-40)52(51)45-32-55(39-10-6-4-7-11-39)47-23-15-35(3)28-43(45)47;2*1-2/h4-30,32H,1-3H3;2*1-2H3. The normalized spacial score (nSPS) is 10.9. The van der Waals surface area contributed by atoms with Crippen molar-refractivity contribution in [2.45, 2.75) is 58.3 Å². The summed E-state index contributed by atoms with van der Waals surface area (Å²) in [6, 6.07) is 60.5. The fourth-order valence-electron chi connectivity index (χ4n) is 8.41. The maximum Gasteiger partial charge on any atom is 0.113 e. The number of rotatable bonds is 7. The summed E-state index contributed by atoms with van der Waals surface area (Å²) < 4.78 is 7.13. The zero-order valence-electron chi connectivity index (χ0n) is 36.4. The lowest BCUT2D eigenvalue weighted by atomic mass is 9.93. The second kappa shape index (κ2) is 18.0. The number of aryl methyl sites for hydroxylation is 3. The van der Waals surface area contributed by atoms with E-state index in [-0.39, 0.29) is 0 Å². The first-order valence-corrected chi connectivity index (χ1v) is 22.2. The van der Waals surface area contributed by atoms with Crippen molar-refractivity contribution >= 4 is 57.8 Å². The first-order valence-electron chi connectivity index (χ1n) is 21.4. The van der Waals surface area contributed by atoms with Crippen LogP contribution in [0.4, 0.5) is 0 Å². The lowest BCUT2D eigenvalue weighted by Crippen LogP contribution is -2.01. The Labute approximate surface area is 371 Å². The zero-order valence-corrected chi connectivity index (χ0v) is 37.3. The Morgan fingerprint density at radius 2 is 1.13 bits per heavy atom. The number of hydrogen-bond donors (Lipinski definition) is 0. The molecule has 0 aliphatic heterocycles. The highest BCUT2D eigenvalue weighted by Gasteiger charge is 2.28. The molecule has 3 heterocycles. The van der Waals surface area contributed by atoms with E-state index >= 15 is 0 Å². The van der Waals surface area contributed by atoms with Gasteiger partial charge >= 0.3 is 0 Å². The van der Waals surface area contributed by atoms with Gasteiger partial charge in [-0.05, 0) is 123 Å². The van der Waals surface area contributed by atoms with Crippen molar-refractivity contribution in [2.75, 3.05) is 0 Å². The van der Waals surface area contributed by atoms with Crippen LogP contribution in [0.2, 0.25) is 0 Å². The number of para-hydroxylation sites is 2. The Kier molecular flexibility index (Phi) is 12.1. The van der Waals surface area contributed by atoms with Gasteiger partial charge in [-0.2, -0.15) is 5.26 Å². The van der Waals surface area contributed by atoms with E-state index in [9.17, 15) is 5.26 Å². The largest absolute Gasteiger partial charge is 0.316 e. The third kappa shape index (κ3) is 7.66. The molecule has 0 bridgehead atoms. The Bertz CT molecular complexity index is 3240.